The zero-order chi connectivity index (χ0) is 14.2. The molecule has 2 rings (SSSR count). The third kappa shape index (κ3) is 2.28. The molecule has 1 fully saturated rings. The Bertz CT molecular complexity index is 567. The summed E-state index contributed by atoms with van der Waals surface area (Å²) in [6.45, 7) is -0.498. The average molecular weight is 273 g/mol. The van der Waals surface area contributed by atoms with Gasteiger partial charge in [0.15, 0.2) is 6.23 Å². The van der Waals surface area contributed by atoms with Crippen molar-refractivity contribution in [1.29, 1.82) is 0 Å². The normalized spacial score (nSPS) is 30.5. The Labute approximate surface area is 107 Å². The van der Waals surface area contributed by atoms with Crippen LogP contribution < -0.4 is 16.6 Å². The van der Waals surface area contributed by atoms with Crippen LogP contribution in [-0.4, -0.2) is 56.8 Å². The number of nitrogens with one attached hydrogen (secondary N) is 2. The van der Waals surface area contributed by atoms with Gasteiger partial charge in [-0.05, 0) is 0 Å². The lowest BCUT2D eigenvalue weighted by atomic mass is 10.1. The van der Waals surface area contributed by atoms with Crippen molar-refractivity contribution >= 4 is 5.82 Å². The fraction of sp³-hybridized carbons (Fsp3) is 0.600. The first kappa shape index (κ1) is 13.7. The van der Waals surface area contributed by atoms with Crippen LogP contribution in [0.1, 0.15) is 6.23 Å². The molecule has 1 aliphatic heterocycles. The van der Waals surface area contributed by atoms with E-state index in [9.17, 15) is 19.8 Å². The van der Waals surface area contributed by atoms with Crippen molar-refractivity contribution in [2.45, 2.75) is 24.5 Å². The molecular formula is C10H15N3O6. The van der Waals surface area contributed by atoms with Crippen LogP contribution in [0, 0.1) is 0 Å². The molecular weight excluding hydrogens is 258 g/mol. The number of rotatable bonds is 3. The van der Waals surface area contributed by atoms with Crippen molar-refractivity contribution in [3.8, 4) is 0 Å². The second-order valence-corrected chi connectivity index (χ2v) is 4.17. The van der Waals surface area contributed by atoms with Crippen molar-refractivity contribution in [1.82, 2.24) is 9.55 Å². The van der Waals surface area contributed by atoms with Crippen molar-refractivity contribution in [2.75, 3.05) is 19.0 Å². The maximum absolute atomic E-state index is 11.8. The Balaban J connectivity index is 2.48. The summed E-state index contributed by atoms with van der Waals surface area (Å²) in [6, 6.07) is 1.12. The van der Waals surface area contributed by atoms with E-state index in [-0.39, 0.29) is 5.82 Å². The van der Waals surface area contributed by atoms with Crippen LogP contribution in [0.25, 0.3) is 0 Å². The first-order chi connectivity index (χ1) is 8.99. The van der Waals surface area contributed by atoms with E-state index < -0.39 is 42.4 Å². The molecule has 4 atom stereocenters. The van der Waals surface area contributed by atoms with Gasteiger partial charge in [-0.15, -0.1) is 0 Å². The van der Waals surface area contributed by atoms with Crippen molar-refractivity contribution in [3.63, 3.8) is 0 Å². The molecule has 106 valence electrons. The number of aliphatic hydroxyl groups excluding tert-OH is 3. The highest BCUT2D eigenvalue weighted by atomic mass is 16.6. The third-order valence-corrected chi connectivity index (χ3v) is 3.00. The molecule has 19 heavy (non-hydrogen) atoms. The van der Waals surface area contributed by atoms with E-state index >= 15 is 0 Å². The van der Waals surface area contributed by atoms with Gasteiger partial charge >= 0.3 is 5.69 Å². The van der Waals surface area contributed by atoms with Gasteiger partial charge < -0.3 is 25.4 Å². The largest absolute Gasteiger partial charge is 0.394 e. The highest BCUT2D eigenvalue weighted by Crippen LogP contribution is 2.29. The number of aromatic nitrogens is 2. The fourth-order valence-electron chi connectivity index (χ4n) is 2.04. The summed E-state index contributed by atoms with van der Waals surface area (Å²) in [5.74, 6) is 0.128. The van der Waals surface area contributed by atoms with Crippen molar-refractivity contribution < 1.29 is 20.1 Å². The molecule has 1 unspecified atom stereocenters. The maximum atomic E-state index is 11.8. The molecule has 1 aromatic heterocycles. The number of aromatic amines is 1. The number of H-pyrrole nitrogens is 1. The topological polar surface area (TPSA) is 137 Å². The molecule has 1 aliphatic rings. The van der Waals surface area contributed by atoms with Crippen LogP contribution in [0.2, 0.25) is 0 Å². The first-order valence-corrected chi connectivity index (χ1v) is 5.65. The van der Waals surface area contributed by atoms with Gasteiger partial charge in [0.25, 0.3) is 5.56 Å². The smallest absolute Gasteiger partial charge is 0.332 e. The Morgan fingerprint density at radius 1 is 1.42 bits per heavy atom. The highest BCUT2D eigenvalue weighted by molar-refractivity contribution is 5.33. The molecule has 9 heteroatoms. The zero-order valence-corrected chi connectivity index (χ0v) is 10.1. The van der Waals surface area contributed by atoms with E-state index in [4.69, 9.17) is 9.84 Å². The van der Waals surface area contributed by atoms with Gasteiger partial charge in [0.1, 0.15) is 24.1 Å². The first-order valence-electron chi connectivity index (χ1n) is 5.65. The maximum Gasteiger partial charge on any atom is 0.332 e. The van der Waals surface area contributed by atoms with Gasteiger partial charge in [-0.2, -0.15) is 0 Å². The van der Waals surface area contributed by atoms with Crippen LogP contribution in [0.3, 0.4) is 0 Å². The van der Waals surface area contributed by atoms with Crippen LogP contribution >= 0.6 is 0 Å². The number of nitrogens with zero attached hydrogens (tertiary/aromatic N) is 1. The molecule has 2 heterocycles. The molecule has 0 spiro atoms. The number of aliphatic hydroxyl groups is 3. The van der Waals surface area contributed by atoms with Crippen LogP contribution in [0.5, 0.6) is 0 Å². The van der Waals surface area contributed by atoms with Gasteiger partial charge in [0.05, 0.1) is 6.61 Å². The second kappa shape index (κ2) is 5.13. The minimum atomic E-state index is -1.40. The van der Waals surface area contributed by atoms with Gasteiger partial charge in [-0.3, -0.25) is 9.78 Å². The Hall–Kier alpha value is -1.68. The summed E-state index contributed by atoms with van der Waals surface area (Å²) in [5.41, 5.74) is -1.39. The average Bonchev–Trinajstić information content (AvgIpc) is 2.65. The molecule has 0 saturated carbocycles. The number of hydrogen-bond acceptors (Lipinski definition) is 7. The summed E-state index contributed by atoms with van der Waals surface area (Å²) in [6.07, 6.45) is -4.91. The molecule has 1 saturated heterocycles. The lowest BCUT2D eigenvalue weighted by Gasteiger charge is -2.20. The van der Waals surface area contributed by atoms with Gasteiger partial charge in [-0.1, -0.05) is 0 Å². The predicted octanol–water partition coefficient (Wildman–Crippen LogP) is -2.81. The van der Waals surface area contributed by atoms with E-state index in [0.29, 0.717) is 0 Å². The number of hydrogen-bond donors (Lipinski definition) is 5. The monoisotopic (exact) mass is 273 g/mol. The summed E-state index contributed by atoms with van der Waals surface area (Å²) in [5, 5.41) is 31.1. The lowest BCUT2D eigenvalue weighted by Crippen LogP contribution is -2.39. The van der Waals surface area contributed by atoms with Crippen molar-refractivity contribution in [2.24, 2.45) is 0 Å². The minimum Gasteiger partial charge on any atom is -0.394 e. The van der Waals surface area contributed by atoms with E-state index in [2.05, 4.69) is 5.32 Å². The molecule has 0 amide bonds. The Kier molecular flexibility index (Phi) is 3.71. The lowest BCUT2D eigenvalue weighted by molar-refractivity contribution is -0.0539. The number of anilines is 1. The zero-order valence-electron chi connectivity index (χ0n) is 10.1. The van der Waals surface area contributed by atoms with E-state index in [1.54, 1.807) is 0 Å². The van der Waals surface area contributed by atoms with E-state index in [1.165, 1.54) is 7.05 Å². The van der Waals surface area contributed by atoms with Crippen LogP contribution in [0.4, 0.5) is 5.82 Å². The van der Waals surface area contributed by atoms with Gasteiger partial charge in [0, 0.05) is 13.1 Å². The SMILES string of the molecule is CNc1cc(=O)[nH]c(=O)n1[C@@H]1O[C@H](CO)[C@H](O)C1O. The Morgan fingerprint density at radius 3 is 2.63 bits per heavy atom. The van der Waals surface area contributed by atoms with Crippen molar-refractivity contribution in [3.05, 3.63) is 26.9 Å². The van der Waals surface area contributed by atoms with Crippen LogP contribution in [-0.2, 0) is 4.74 Å². The van der Waals surface area contributed by atoms with Crippen LogP contribution in [0.15, 0.2) is 15.7 Å². The molecule has 0 radical (unpaired) electrons. The minimum absolute atomic E-state index is 0.128. The number of ether oxygens (including phenoxy) is 1. The molecule has 9 nitrogen and oxygen atoms in total. The second-order valence-electron chi connectivity index (χ2n) is 4.17. The van der Waals surface area contributed by atoms with Gasteiger partial charge in [0.2, 0.25) is 0 Å². The quantitative estimate of drug-likeness (QED) is 0.401. The standard InChI is InChI=1S/C10H15N3O6/c1-11-5-2-6(15)12-10(18)13(5)9-8(17)7(16)4(3-14)19-9/h2,4,7-9,11,14,16-17H,3H2,1H3,(H,12,15,18)/t4-,7+,8?,9-/m1/s1. The highest BCUT2D eigenvalue weighted by Gasteiger charge is 2.44. The summed E-state index contributed by atoms with van der Waals surface area (Å²) < 4.78 is 6.21. The summed E-state index contributed by atoms with van der Waals surface area (Å²) >= 11 is 0. The fourth-order valence-corrected chi connectivity index (χ4v) is 2.04. The molecule has 5 N–H and O–H groups in total. The van der Waals surface area contributed by atoms with E-state index in [1.807, 2.05) is 4.98 Å². The Morgan fingerprint density at radius 2 is 2.11 bits per heavy atom. The van der Waals surface area contributed by atoms with E-state index in [0.717, 1.165) is 10.6 Å². The molecule has 0 aliphatic carbocycles. The molecule has 1 aromatic rings. The summed E-state index contributed by atoms with van der Waals surface area (Å²) in [7, 11) is 1.49. The molecule has 0 aromatic carbocycles. The van der Waals surface area contributed by atoms with Gasteiger partial charge in [-0.25, -0.2) is 9.36 Å². The third-order valence-electron chi connectivity index (χ3n) is 3.00. The molecule has 0 bridgehead atoms. The summed E-state index contributed by atoms with van der Waals surface area (Å²) in [4.78, 5) is 25.0. The predicted molar refractivity (Wildman–Crippen MR) is 63.9 cm³/mol.